The molecule has 0 saturated carbocycles. The largest absolute Gasteiger partial charge is 2.00 e. The van der Waals surface area contributed by atoms with Crippen molar-refractivity contribution in [3.63, 3.8) is 0 Å². The van der Waals surface area contributed by atoms with Gasteiger partial charge in [0, 0.05) is 0 Å². The molecule has 4 nitrogen and oxygen atoms in total. The van der Waals surface area contributed by atoms with Gasteiger partial charge in [-0.25, -0.2) is 8.78 Å². The van der Waals surface area contributed by atoms with Crippen LogP contribution in [0.15, 0.2) is 0 Å². The molecule has 0 N–H and O–H groups in total. The third-order valence-corrected chi connectivity index (χ3v) is 0.650. The van der Waals surface area contributed by atoms with Gasteiger partial charge in [0.15, 0.2) is 0 Å². The van der Waals surface area contributed by atoms with Crippen LogP contribution in [0, 0.1) is 0 Å². The van der Waals surface area contributed by atoms with E-state index in [1.807, 2.05) is 0 Å². The Balaban J connectivity index is -0.000000143. The molecule has 0 aromatic rings. The molecule has 2 unspecified atom stereocenters. The van der Waals surface area contributed by atoms with E-state index in [1.54, 1.807) is 0 Å². The van der Waals surface area contributed by atoms with E-state index >= 15 is 0 Å². The summed E-state index contributed by atoms with van der Waals surface area (Å²) >= 11 is 0. The second-order valence-corrected chi connectivity index (χ2v) is 1.87. The van der Waals surface area contributed by atoms with Gasteiger partial charge >= 0.3 is 27.3 Å². The Labute approximate surface area is 94.1 Å². The minimum atomic E-state index is -1.84. The molecule has 0 radical (unpaired) electrons. The molecule has 0 aromatic heterocycles. The molecule has 0 bridgehead atoms. The molecule has 72 valence electrons. The van der Waals surface area contributed by atoms with Crippen LogP contribution in [0.25, 0.3) is 0 Å². The third kappa shape index (κ3) is 18.6. The third-order valence-electron chi connectivity index (χ3n) is 0.650. The molecule has 0 amide bonds. The molecule has 13 heavy (non-hydrogen) atoms. The average Bonchev–Trinajstić information content (AvgIpc) is 1.88. The summed E-state index contributed by atoms with van der Waals surface area (Å²) in [4.78, 5) is 18.4. The van der Waals surface area contributed by atoms with Crippen molar-refractivity contribution in [1.29, 1.82) is 0 Å². The molecule has 0 aliphatic rings. The van der Waals surface area contributed by atoms with Gasteiger partial charge in [0.2, 0.25) is 0 Å². The van der Waals surface area contributed by atoms with Crippen molar-refractivity contribution in [2.24, 2.45) is 0 Å². The quantitative estimate of drug-likeness (QED) is 0.562. The summed E-state index contributed by atoms with van der Waals surface area (Å²) in [5.74, 6) is -3.31. The molecule has 0 heterocycles. The van der Waals surface area contributed by atoms with E-state index < -0.39 is 24.3 Å². The Kier molecular flexibility index (Phi) is 14.0. The van der Waals surface area contributed by atoms with E-state index in [9.17, 15) is 28.6 Å². The van der Waals surface area contributed by atoms with Crippen molar-refractivity contribution in [3.8, 4) is 0 Å². The fraction of sp³-hybridized carbons (Fsp3) is 0.667. The van der Waals surface area contributed by atoms with Gasteiger partial charge < -0.3 is 19.8 Å². The fourth-order valence-electron chi connectivity index (χ4n) is 0. The van der Waals surface area contributed by atoms with E-state index in [-0.39, 0.29) is 27.3 Å². The van der Waals surface area contributed by atoms with Gasteiger partial charge in [-0.05, 0) is 13.8 Å². The van der Waals surface area contributed by atoms with Crippen molar-refractivity contribution < 1.29 is 55.9 Å². The average molecular weight is 295 g/mol. The minimum Gasteiger partial charge on any atom is -0.547 e. The maximum atomic E-state index is 11.2. The van der Waals surface area contributed by atoms with Crippen molar-refractivity contribution in [1.82, 2.24) is 0 Å². The molecule has 0 aliphatic carbocycles. The van der Waals surface area contributed by atoms with Crippen molar-refractivity contribution >= 4 is 11.9 Å². The second-order valence-electron chi connectivity index (χ2n) is 1.87. The SMILES string of the molecule is CC(F)C(=O)[O-].CC(F)C(=O)[O-].[Cd+2]. The number of rotatable bonds is 2. The zero-order valence-corrected chi connectivity index (χ0v) is 11.3. The number of carbonyl (C=O) groups is 2. The summed E-state index contributed by atoms with van der Waals surface area (Å²) in [6.07, 6.45) is -3.69. The number of alkyl halides is 2. The van der Waals surface area contributed by atoms with Crippen molar-refractivity contribution in [2.45, 2.75) is 26.2 Å². The number of hydrogen-bond donors (Lipinski definition) is 0. The number of halogens is 2. The predicted octanol–water partition coefficient (Wildman–Crippen LogP) is -1.81. The minimum absolute atomic E-state index is 0. The summed E-state index contributed by atoms with van der Waals surface area (Å²) in [5, 5.41) is 18.4. The summed E-state index contributed by atoms with van der Waals surface area (Å²) < 4.78 is 22.3. The molecule has 0 spiro atoms. The molecule has 0 aliphatic heterocycles. The molecule has 0 aromatic carbocycles. The standard InChI is InChI=1S/2C3H5FO2.Cd/c2*1-2(4)3(5)6;/h2*2H,1H3,(H,5,6);/q;;+2/p-2. The van der Waals surface area contributed by atoms with Crippen LogP contribution in [0.2, 0.25) is 0 Å². The van der Waals surface area contributed by atoms with Crippen LogP contribution >= 0.6 is 0 Å². The van der Waals surface area contributed by atoms with Crippen LogP contribution in [0.3, 0.4) is 0 Å². The van der Waals surface area contributed by atoms with E-state index in [0.717, 1.165) is 13.8 Å². The number of carbonyl (C=O) groups excluding carboxylic acids is 2. The van der Waals surface area contributed by atoms with Gasteiger partial charge in [0.1, 0.15) is 12.3 Å². The summed E-state index contributed by atoms with van der Waals surface area (Å²) in [6.45, 7) is 1.82. The molecule has 0 fully saturated rings. The maximum Gasteiger partial charge on any atom is 2.00 e. The van der Waals surface area contributed by atoms with Crippen molar-refractivity contribution in [3.05, 3.63) is 0 Å². The van der Waals surface area contributed by atoms with E-state index in [2.05, 4.69) is 0 Å². The van der Waals surface area contributed by atoms with Gasteiger partial charge in [0.05, 0.1) is 11.9 Å². The number of carboxylic acid groups (broad SMARTS) is 2. The smallest absolute Gasteiger partial charge is 0.547 e. The van der Waals surface area contributed by atoms with Gasteiger partial charge in [-0.2, -0.15) is 0 Å². The van der Waals surface area contributed by atoms with Crippen LogP contribution in [0.5, 0.6) is 0 Å². The topological polar surface area (TPSA) is 80.3 Å². The number of carboxylic acids is 2. The van der Waals surface area contributed by atoms with E-state index in [4.69, 9.17) is 0 Å². The predicted molar refractivity (Wildman–Crippen MR) is 31.2 cm³/mol. The van der Waals surface area contributed by atoms with Gasteiger partial charge in [0.25, 0.3) is 0 Å². The van der Waals surface area contributed by atoms with Gasteiger partial charge in [-0.3, -0.25) is 0 Å². The first-order valence-corrected chi connectivity index (χ1v) is 2.98. The van der Waals surface area contributed by atoms with Gasteiger partial charge in [-0.15, -0.1) is 0 Å². The molecular weight excluding hydrogens is 286 g/mol. The van der Waals surface area contributed by atoms with Crippen LogP contribution < -0.4 is 10.2 Å². The Morgan fingerprint density at radius 3 is 1.08 bits per heavy atom. The first-order chi connectivity index (χ1) is 5.29. The summed E-state index contributed by atoms with van der Waals surface area (Å²) in [5.41, 5.74) is 0. The normalized spacial score (nSPS) is 12.6. The number of hydrogen-bond acceptors (Lipinski definition) is 4. The first-order valence-electron chi connectivity index (χ1n) is 2.98. The Bertz CT molecular complexity index is 143. The zero-order valence-electron chi connectivity index (χ0n) is 7.25. The Morgan fingerprint density at radius 1 is 1.00 bits per heavy atom. The summed E-state index contributed by atoms with van der Waals surface area (Å²) in [7, 11) is 0. The van der Waals surface area contributed by atoms with Crippen LogP contribution in [0.1, 0.15) is 13.8 Å². The second kappa shape index (κ2) is 9.81. The molecule has 2 atom stereocenters. The molecule has 0 saturated heterocycles. The zero-order chi connectivity index (χ0) is 10.3. The molecular formula is C6H8CdF2O4. The fourth-order valence-corrected chi connectivity index (χ4v) is 0. The Hall–Kier alpha value is -0.278. The van der Waals surface area contributed by atoms with Crippen molar-refractivity contribution in [2.75, 3.05) is 0 Å². The Morgan fingerprint density at radius 2 is 1.08 bits per heavy atom. The van der Waals surface area contributed by atoms with Crippen LogP contribution in [-0.4, -0.2) is 24.3 Å². The molecule has 0 rings (SSSR count). The van der Waals surface area contributed by atoms with Crippen LogP contribution in [0.4, 0.5) is 8.78 Å². The van der Waals surface area contributed by atoms with Crippen LogP contribution in [-0.2, 0) is 36.9 Å². The van der Waals surface area contributed by atoms with E-state index in [0.29, 0.717) is 0 Å². The maximum absolute atomic E-state index is 11.2. The van der Waals surface area contributed by atoms with E-state index in [1.165, 1.54) is 0 Å². The summed E-state index contributed by atoms with van der Waals surface area (Å²) in [6, 6.07) is 0. The monoisotopic (exact) mass is 296 g/mol. The molecule has 7 heteroatoms. The number of aliphatic carboxylic acids is 2. The van der Waals surface area contributed by atoms with Gasteiger partial charge in [-0.1, -0.05) is 0 Å². The first kappa shape index (κ1) is 18.5.